The number of aromatic nitrogens is 1. The summed E-state index contributed by atoms with van der Waals surface area (Å²) in [6, 6.07) is 18.4. The average molecular weight is 364 g/mol. The molecule has 138 valence electrons. The van der Waals surface area contributed by atoms with Crippen LogP contribution in [0.25, 0.3) is 10.9 Å². The van der Waals surface area contributed by atoms with Crippen LogP contribution in [-0.4, -0.2) is 27.7 Å². The van der Waals surface area contributed by atoms with Gasteiger partial charge in [0, 0.05) is 18.0 Å². The summed E-state index contributed by atoms with van der Waals surface area (Å²) in [6.45, 7) is 1.54. The Bertz CT molecular complexity index is 953. The predicted molar refractivity (Wildman–Crippen MR) is 101 cm³/mol. The van der Waals surface area contributed by atoms with E-state index in [-0.39, 0.29) is 13.0 Å². The second-order valence-electron chi connectivity index (χ2n) is 6.49. The van der Waals surface area contributed by atoms with E-state index in [4.69, 9.17) is 4.74 Å². The first kappa shape index (κ1) is 18.4. The molecule has 0 fully saturated rings. The number of pyridine rings is 1. The summed E-state index contributed by atoms with van der Waals surface area (Å²) in [5, 5.41) is 13.1. The Morgan fingerprint density at radius 1 is 1.07 bits per heavy atom. The van der Waals surface area contributed by atoms with Gasteiger partial charge < -0.3 is 15.2 Å². The number of nitrogens with zero attached hydrogens (tertiary/aromatic N) is 1. The molecule has 0 spiro atoms. The zero-order valence-electron chi connectivity index (χ0n) is 14.9. The Hall–Kier alpha value is -3.41. The molecule has 0 radical (unpaired) electrons. The lowest BCUT2D eigenvalue weighted by molar-refractivity contribution is -0.143. The lowest BCUT2D eigenvalue weighted by Crippen LogP contribution is -2.54. The number of hydrogen-bond acceptors (Lipinski definition) is 4. The highest BCUT2D eigenvalue weighted by atomic mass is 16.5. The molecule has 6 nitrogen and oxygen atoms in total. The second kappa shape index (κ2) is 7.86. The fourth-order valence-electron chi connectivity index (χ4n) is 2.85. The molecular weight excluding hydrogens is 344 g/mol. The number of para-hydroxylation sites is 1. The molecule has 0 aliphatic heterocycles. The molecule has 0 aliphatic rings. The first-order chi connectivity index (χ1) is 13.0. The van der Waals surface area contributed by atoms with Crippen LogP contribution in [0.5, 0.6) is 0 Å². The Balaban J connectivity index is 1.75. The normalized spacial score (nSPS) is 12.9. The predicted octanol–water partition coefficient (Wildman–Crippen LogP) is 3.55. The van der Waals surface area contributed by atoms with Crippen molar-refractivity contribution in [3.8, 4) is 0 Å². The molecule has 2 aromatic carbocycles. The highest BCUT2D eigenvalue weighted by Crippen LogP contribution is 2.22. The van der Waals surface area contributed by atoms with Gasteiger partial charge in [-0.05, 0) is 30.2 Å². The summed E-state index contributed by atoms with van der Waals surface area (Å²) in [7, 11) is 0. The maximum absolute atomic E-state index is 12.2. The minimum Gasteiger partial charge on any atom is -0.480 e. The minimum absolute atomic E-state index is 0.0700. The monoisotopic (exact) mass is 364 g/mol. The van der Waals surface area contributed by atoms with Gasteiger partial charge in [0.2, 0.25) is 0 Å². The van der Waals surface area contributed by atoms with Crippen molar-refractivity contribution in [2.75, 3.05) is 0 Å². The Kier molecular flexibility index (Phi) is 5.35. The number of nitrogens with one attached hydrogen (secondary N) is 1. The molecule has 0 aliphatic carbocycles. The lowest BCUT2D eigenvalue weighted by Gasteiger charge is -2.26. The number of alkyl carbamates (subject to hydrolysis) is 1. The van der Waals surface area contributed by atoms with Crippen LogP contribution >= 0.6 is 0 Å². The summed E-state index contributed by atoms with van der Waals surface area (Å²) in [5.74, 6) is -1.14. The summed E-state index contributed by atoms with van der Waals surface area (Å²) >= 11 is 0. The van der Waals surface area contributed by atoms with Crippen molar-refractivity contribution in [1.29, 1.82) is 0 Å². The van der Waals surface area contributed by atoms with Crippen molar-refractivity contribution < 1.29 is 19.4 Å². The number of hydrogen-bond donors (Lipinski definition) is 2. The van der Waals surface area contributed by atoms with Crippen LogP contribution in [0, 0.1) is 0 Å². The van der Waals surface area contributed by atoms with Gasteiger partial charge in [-0.3, -0.25) is 4.98 Å². The SMILES string of the molecule is CC(Cc1ccnc2ccccc12)(NC(=O)OCc1ccccc1)C(=O)O. The van der Waals surface area contributed by atoms with Gasteiger partial charge in [-0.2, -0.15) is 0 Å². The van der Waals surface area contributed by atoms with Gasteiger partial charge in [-0.1, -0.05) is 48.5 Å². The number of carbonyl (C=O) groups excluding carboxylic acids is 1. The third-order valence-corrected chi connectivity index (χ3v) is 4.35. The molecule has 2 N–H and O–H groups in total. The van der Waals surface area contributed by atoms with Crippen LogP contribution in [0.2, 0.25) is 0 Å². The molecule has 6 heteroatoms. The molecule has 1 aromatic heterocycles. The largest absolute Gasteiger partial charge is 0.480 e. The number of carbonyl (C=O) groups is 2. The quantitative estimate of drug-likeness (QED) is 0.698. The van der Waals surface area contributed by atoms with Gasteiger partial charge in [-0.25, -0.2) is 9.59 Å². The van der Waals surface area contributed by atoms with Gasteiger partial charge >= 0.3 is 12.1 Å². The summed E-state index contributed by atoms with van der Waals surface area (Å²) in [4.78, 5) is 28.3. The second-order valence-corrected chi connectivity index (χ2v) is 6.49. The van der Waals surface area contributed by atoms with Crippen LogP contribution in [0.3, 0.4) is 0 Å². The van der Waals surface area contributed by atoms with E-state index in [1.165, 1.54) is 6.92 Å². The standard InChI is InChI=1S/C21H20N2O4/c1-21(19(24)25,23-20(26)27-14-15-7-3-2-4-8-15)13-16-11-12-22-18-10-6-5-9-17(16)18/h2-12H,13-14H2,1H3,(H,23,26)(H,24,25). The summed E-state index contributed by atoms with van der Waals surface area (Å²) in [5.41, 5.74) is 0.866. The van der Waals surface area contributed by atoms with Crippen molar-refractivity contribution in [1.82, 2.24) is 10.3 Å². The molecule has 1 unspecified atom stereocenters. The van der Waals surface area contributed by atoms with Crippen molar-refractivity contribution in [3.05, 3.63) is 78.0 Å². The van der Waals surface area contributed by atoms with Gasteiger partial charge in [0.15, 0.2) is 0 Å². The zero-order valence-corrected chi connectivity index (χ0v) is 14.9. The molecule has 1 atom stereocenters. The molecule has 27 heavy (non-hydrogen) atoms. The van der Waals surface area contributed by atoms with E-state index in [9.17, 15) is 14.7 Å². The number of carboxylic acid groups (broad SMARTS) is 1. The van der Waals surface area contributed by atoms with E-state index in [0.29, 0.717) is 0 Å². The maximum Gasteiger partial charge on any atom is 0.408 e. The van der Waals surface area contributed by atoms with E-state index >= 15 is 0 Å². The smallest absolute Gasteiger partial charge is 0.408 e. The molecule has 3 aromatic rings. The highest BCUT2D eigenvalue weighted by molar-refractivity contribution is 5.87. The maximum atomic E-state index is 12.2. The van der Waals surface area contributed by atoms with Crippen molar-refractivity contribution in [2.45, 2.75) is 25.5 Å². The fraction of sp³-hybridized carbons (Fsp3) is 0.190. The fourth-order valence-corrected chi connectivity index (χ4v) is 2.85. The number of benzene rings is 2. The first-order valence-electron chi connectivity index (χ1n) is 8.53. The number of carboxylic acids is 1. The van der Waals surface area contributed by atoms with Crippen LogP contribution in [0.1, 0.15) is 18.1 Å². The zero-order chi connectivity index (χ0) is 19.3. The van der Waals surface area contributed by atoms with E-state index in [1.807, 2.05) is 54.6 Å². The number of fused-ring (bicyclic) bond motifs is 1. The van der Waals surface area contributed by atoms with Gasteiger partial charge in [-0.15, -0.1) is 0 Å². The summed E-state index contributed by atoms with van der Waals surface area (Å²) in [6.07, 6.45) is 0.960. The van der Waals surface area contributed by atoms with Crippen LogP contribution in [-0.2, 0) is 22.6 Å². The van der Waals surface area contributed by atoms with Crippen LogP contribution < -0.4 is 5.32 Å². The molecule has 1 heterocycles. The molecule has 0 saturated heterocycles. The Morgan fingerprint density at radius 3 is 2.52 bits per heavy atom. The number of amides is 1. The third-order valence-electron chi connectivity index (χ3n) is 4.35. The van der Waals surface area contributed by atoms with E-state index in [1.54, 1.807) is 12.3 Å². The molecule has 1 amide bonds. The van der Waals surface area contributed by atoms with E-state index < -0.39 is 17.6 Å². The van der Waals surface area contributed by atoms with Crippen molar-refractivity contribution >= 4 is 23.0 Å². The van der Waals surface area contributed by atoms with E-state index in [0.717, 1.165) is 22.0 Å². The number of ether oxygens (including phenoxy) is 1. The van der Waals surface area contributed by atoms with Crippen molar-refractivity contribution in [2.24, 2.45) is 0 Å². The van der Waals surface area contributed by atoms with Gasteiger partial charge in [0.25, 0.3) is 0 Å². The van der Waals surface area contributed by atoms with Gasteiger partial charge in [0.05, 0.1) is 5.52 Å². The van der Waals surface area contributed by atoms with E-state index in [2.05, 4.69) is 10.3 Å². The average Bonchev–Trinajstić information content (AvgIpc) is 2.67. The molecule has 0 saturated carbocycles. The first-order valence-corrected chi connectivity index (χ1v) is 8.53. The topological polar surface area (TPSA) is 88.5 Å². The van der Waals surface area contributed by atoms with Crippen LogP contribution in [0.4, 0.5) is 4.79 Å². The number of rotatable bonds is 6. The van der Waals surface area contributed by atoms with Gasteiger partial charge in [0.1, 0.15) is 12.1 Å². The number of aliphatic carboxylic acids is 1. The molecule has 3 rings (SSSR count). The Labute approximate surface area is 156 Å². The molecular formula is C21H20N2O4. The van der Waals surface area contributed by atoms with Crippen molar-refractivity contribution in [3.63, 3.8) is 0 Å². The van der Waals surface area contributed by atoms with Crippen LogP contribution in [0.15, 0.2) is 66.9 Å². The third kappa shape index (κ3) is 4.41. The molecule has 0 bridgehead atoms. The Morgan fingerprint density at radius 2 is 1.78 bits per heavy atom. The summed E-state index contributed by atoms with van der Waals surface area (Å²) < 4.78 is 5.17. The minimum atomic E-state index is -1.52. The lowest BCUT2D eigenvalue weighted by atomic mass is 9.91. The highest BCUT2D eigenvalue weighted by Gasteiger charge is 2.36.